The number of rotatable bonds is 7. The highest BCUT2D eigenvalue weighted by molar-refractivity contribution is 4.78. The molecule has 0 aromatic rings. The molecule has 0 aliphatic carbocycles. The van der Waals surface area contributed by atoms with Crippen molar-refractivity contribution in [3.8, 4) is 0 Å². The van der Waals surface area contributed by atoms with Crippen molar-refractivity contribution in [3.63, 3.8) is 0 Å². The lowest BCUT2D eigenvalue weighted by atomic mass is 10.00. The summed E-state index contributed by atoms with van der Waals surface area (Å²) in [5.41, 5.74) is 5.56. The van der Waals surface area contributed by atoms with Crippen LogP contribution >= 0.6 is 0 Å². The highest BCUT2D eigenvalue weighted by atomic mass is 15.3. The monoisotopic (exact) mass is 282 g/mol. The van der Waals surface area contributed by atoms with Gasteiger partial charge in [-0.2, -0.15) is 0 Å². The Morgan fingerprint density at radius 2 is 1.60 bits per heavy atom. The minimum absolute atomic E-state index is 0.839. The number of unbranched alkanes of at least 4 members (excludes halogenated alkanes) is 1. The van der Waals surface area contributed by atoms with Crippen LogP contribution in [-0.2, 0) is 0 Å². The number of likely N-dealkylation sites (tertiary alicyclic amines) is 1. The molecule has 0 aromatic carbocycles. The summed E-state index contributed by atoms with van der Waals surface area (Å²) in [5.74, 6) is 0. The Balaban J connectivity index is 1.57. The van der Waals surface area contributed by atoms with Gasteiger partial charge in [0.05, 0.1) is 0 Å². The lowest BCUT2D eigenvalue weighted by Gasteiger charge is -2.37. The Hall–Kier alpha value is -0.160. The predicted octanol–water partition coefficient (Wildman–Crippen LogP) is 1.22. The third kappa shape index (κ3) is 5.32. The molecule has 2 N–H and O–H groups in total. The van der Waals surface area contributed by atoms with Gasteiger partial charge in [0.25, 0.3) is 0 Å². The summed E-state index contributed by atoms with van der Waals surface area (Å²) in [5, 5.41) is 0. The second-order valence-electron chi connectivity index (χ2n) is 6.60. The summed E-state index contributed by atoms with van der Waals surface area (Å²) < 4.78 is 0. The Bertz CT molecular complexity index is 251. The highest BCUT2D eigenvalue weighted by Gasteiger charge is 2.21. The molecule has 0 amide bonds. The van der Waals surface area contributed by atoms with Gasteiger partial charge < -0.3 is 20.4 Å². The number of hydrogen-bond acceptors (Lipinski definition) is 4. The molecule has 118 valence electrons. The van der Waals surface area contributed by atoms with Crippen molar-refractivity contribution in [1.29, 1.82) is 0 Å². The van der Waals surface area contributed by atoms with E-state index in [1.165, 1.54) is 84.3 Å². The molecule has 0 radical (unpaired) electrons. The van der Waals surface area contributed by atoms with E-state index in [2.05, 4.69) is 21.7 Å². The van der Waals surface area contributed by atoms with Crippen molar-refractivity contribution in [1.82, 2.24) is 14.7 Å². The second kappa shape index (κ2) is 8.98. The largest absolute Gasteiger partial charge is 0.330 e. The lowest BCUT2D eigenvalue weighted by Crippen LogP contribution is -2.48. The fraction of sp³-hybridized carbons (Fsp3) is 1.00. The first-order valence-corrected chi connectivity index (χ1v) is 8.64. The first-order valence-electron chi connectivity index (χ1n) is 8.64. The Labute approximate surface area is 125 Å². The van der Waals surface area contributed by atoms with Crippen LogP contribution in [0.2, 0.25) is 0 Å². The SMILES string of the molecule is CN1CCCCC1CCN1CCN(CCCCN)CC1. The molecule has 20 heavy (non-hydrogen) atoms. The minimum Gasteiger partial charge on any atom is -0.330 e. The normalized spacial score (nSPS) is 27.0. The van der Waals surface area contributed by atoms with Crippen LogP contribution in [-0.4, -0.2) is 80.1 Å². The van der Waals surface area contributed by atoms with Crippen molar-refractivity contribution >= 4 is 0 Å². The van der Waals surface area contributed by atoms with Crippen LogP contribution in [0.25, 0.3) is 0 Å². The molecule has 1 unspecified atom stereocenters. The van der Waals surface area contributed by atoms with Crippen LogP contribution in [0.3, 0.4) is 0 Å². The van der Waals surface area contributed by atoms with Gasteiger partial charge in [0.1, 0.15) is 0 Å². The van der Waals surface area contributed by atoms with E-state index in [4.69, 9.17) is 5.73 Å². The molecule has 2 heterocycles. The van der Waals surface area contributed by atoms with E-state index in [0.29, 0.717) is 0 Å². The highest BCUT2D eigenvalue weighted by Crippen LogP contribution is 2.18. The molecule has 2 aliphatic heterocycles. The van der Waals surface area contributed by atoms with Gasteiger partial charge in [-0.1, -0.05) is 6.42 Å². The molecule has 0 aromatic heterocycles. The summed E-state index contributed by atoms with van der Waals surface area (Å²) >= 11 is 0. The maximum absolute atomic E-state index is 5.56. The van der Waals surface area contributed by atoms with Crippen molar-refractivity contribution in [2.45, 2.75) is 44.6 Å². The molecule has 2 fully saturated rings. The zero-order chi connectivity index (χ0) is 14.2. The first kappa shape index (κ1) is 16.2. The van der Waals surface area contributed by atoms with Crippen LogP contribution in [0.4, 0.5) is 0 Å². The van der Waals surface area contributed by atoms with Gasteiger partial charge in [-0.25, -0.2) is 0 Å². The van der Waals surface area contributed by atoms with Gasteiger partial charge in [-0.05, 0) is 65.3 Å². The van der Waals surface area contributed by atoms with Gasteiger partial charge >= 0.3 is 0 Å². The standard InChI is InChI=1S/C16H34N4/c1-18-9-4-2-6-16(18)7-11-20-14-12-19(13-15-20)10-5-3-8-17/h16H,2-15,17H2,1H3. The summed E-state index contributed by atoms with van der Waals surface area (Å²) in [6, 6.07) is 0.839. The van der Waals surface area contributed by atoms with E-state index >= 15 is 0 Å². The molecular formula is C16H34N4. The fourth-order valence-electron chi connectivity index (χ4n) is 3.56. The topological polar surface area (TPSA) is 35.7 Å². The maximum Gasteiger partial charge on any atom is 0.0110 e. The maximum atomic E-state index is 5.56. The number of hydrogen-bond donors (Lipinski definition) is 1. The van der Waals surface area contributed by atoms with Crippen molar-refractivity contribution in [2.75, 3.05) is 59.4 Å². The minimum atomic E-state index is 0.839. The van der Waals surface area contributed by atoms with Crippen LogP contribution < -0.4 is 5.73 Å². The third-order valence-electron chi connectivity index (χ3n) is 5.09. The second-order valence-corrected chi connectivity index (χ2v) is 6.60. The molecular weight excluding hydrogens is 248 g/mol. The zero-order valence-electron chi connectivity index (χ0n) is 13.4. The summed E-state index contributed by atoms with van der Waals surface area (Å²) in [7, 11) is 2.30. The molecule has 2 rings (SSSR count). The quantitative estimate of drug-likeness (QED) is 0.712. The number of nitrogens with zero attached hydrogens (tertiary/aromatic N) is 3. The summed E-state index contributed by atoms with van der Waals surface area (Å²) in [6.45, 7) is 9.73. The smallest absolute Gasteiger partial charge is 0.0110 e. The van der Waals surface area contributed by atoms with Crippen LogP contribution in [0.1, 0.15) is 38.5 Å². The molecule has 2 saturated heterocycles. The Morgan fingerprint density at radius 1 is 0.900 bits per heavy atom. The molecule has 4 nitrogen and oxygen atoms in total. The van der Waals surface area contributed by atoms with Gasteiger partial charge in [-0.15, -0.1) is 0 Å². The van der Waals surface area contributed by atoms with Crippen molar-refractivity contribution in [2.24, 2.45) is 5.73 Å². The molecule has 2 aliphatic rings. The van der Waals surface area contributed by atoms with Gasteiger partial charge in [0.2, 0.25) is 0 Å². The third-order valence-corrected chi connectivity index (χ3v) is 5.09. The lowest BCUT2D eigenvalue weighted by molar-refractivity contribution is 0.109. The predicted molar refractivity (Wildman–Crippen MR) is 86.1 cm³/mol. The van der Waals surface area contributed by atoms with E-state index in [1.807, 2.05) is 0 Å². The molecule has 0 saturated carbocycles. The van der Waals surface area contributed by atoms with Crippen LogP contribution in [0.15, 0.2) is 0 Å². The van der Waals surface area contributed by atoms with Crippen LogP contribution in [0.5, 0.6) is 0 Å². The van der Waals surface area contributed by atoms with E-state index in [9.17, 15) is 0 Å². The molecule has 4 heteroatoms. The van der Waals surface area contributed by atoms with Crippen LogP contribution in [0, 0.1) is 0 Å². The van der Waals surface area contributed by atoms with E-state index in [-0.39, 0.29) is 0 Å². The first-order chi connectivity index (χ1) is 9.79. The van der Waals surface area contributed by atoms with Crippen molar-refractivity contribution in [3.05, 3.63) is 0 Å². The fourth-order valence-corrected chi connectivity index (χ4v) is 3.56. The number of piperidine rings is 1. The summed E-state index contributed by atoms with van der Waals surface area (Å²) in [6.07, 6.45) is 8.05. The van der Waals surface area contributed by atoms with E-state index in [0.717, 1.165) is 12.6 Å². The molecule has 0 spiro atoms. The van der Waals surface area contributed by atoms with E-state index < -0.39 is 0 Å². The summed E-state index contributed by atoms with van der Waals surface area (Å²) in [4.78, 5) is 7.85. The average molecular weight is 282 g/mol. The molecule has 0 bridgehead atoms. The Morgan fingerprint density at radius 3 is 2.25 bits per heavy atom. The Kier molecular flexibility index (Phi) is 7.28. The number of nitrogens with two attached hydrogens (primary N) is 1. The van der Waals surface area contributed by atoms with Gasteiger partial charge in [0.15, 0.2) is 0 Å². The number of piperazine rings is 1. The average Bonchev–Trinajstić information content (AvgIpc) is 2.48. The zero-order valence-corrected chi connectivity index (χ0v) is 13.4. The molecule has 1 atom stereocenters. The van der Waals surface area contributed by atoms with Crippen molar-refractivity contribution < 1.29 is 0 Å². The van der Waals surface area contributed by atoms with Gasteiger partial charge in [-0.3, -0.25) is 0 Å². The van der Waals surface area contributed by atoms with E-state index in [1.54, 1.807) is 0 Å². The van der Waals surface area contributed by atoms with Gasteiger partial charge in [0, 0.05) is 32.2 Å².